The molecule has 1 saturated carbocycles. The topological polar surface area (TPSA) is 49.8 Å². The van der Waals surface area contributed by atoms with Gasteiger partial charge in [0.15, 0.2) is 0 Å². The molecule has 0 aromatic carbocycles. The molecule has 0 aromatic heterocycles. The van der Waals surface area contributed by atoms with Gasteiger partial charge in [0.2, 0.25) is 0 Å². The van der Waals surface area contributed by atoms with Crippen LogP contribution in [0, 0.1) is 5.92 Å². The third-order valence-corrected chi connectivity index (χ3v) is 3.32. The van der Waals surface area contributed by atoms with Crippen LogP contribution in [0.15, 0.2) is 0 Å². The first-order valence-corrected chi connectivity index (χ1v) is 6.04. The molecule has 1 amide bonds. The van der Waals surface area contributed by atoms with E-state index in [2.05, 4.69) is 0 Å². The summed E-state index contributed by atoms with van der Waals surface area (Å²) in [5, 5.41) is 9.30. The van der Waals surface area contributed by atoms with E-state index in [1.807, 2.05) is 20.8 Å². The van der Waals surface area contributed by atoms with Gasteiger partial charge in [0.05, 0.1) is 12.6 Å². The smallest absolute Gasteiger partial charge is 0.410 e. The van der Waals surface area contributed by atoms with Gasteiger partial charge in [0.25, 0.3) is 0 Å². The molecule has 4 heteroatoms. The fourth-order valence-electron chi connectivity index (χ4n) is 2.48. The first kappa shape index (κ1) is 11.7. The molecule has 0 bridgehead atoms. The molecule has 2 aliphatic rings. The number of likely N-dealkylation sites (tertiary alicyclic amines) is 1. The van der Waals surface area contributed by atoms with E-state index >= 15 is 0 Å². The number of piperidine rings is 1. The molecule has 1 saturated heterocycles. The largest absolute Gasteiger partial charge is 0.444 e. The maximum atomic E-state index is 12.0. The highest BCUT2D eigenvalue weighted by molar-refractivity contribution is 5.70. The summed E-state index contributed by atoms with van der Waals surface area (Å²) in [7, 11) is 0. The Balaban J connectivity index is 2.02. The van der Waals surface area contributed by atoms with Crippen LogP contribution in [0.5, 0.6) is 0 Å². The Morgan fingerprint density at radius 3 is 2.69 bits per heavy atom. The zero-order chi connectivity index (χ0) is 11.9. The van der Waals surface area contributed by atoms with Crippen LogP contribution in [0.1, 0.15) is 40.0 Å². The predicted octanol–water partition coefficient (Wildman–Crippen LogP) is 1.77. The van der Waals surface area contributed by atoms with Crippen LogP contribution in [0.25, 0.3) is 0 Å². The molecule has 16 heavy (non-hydrogen) atoms. The van der Waals surface area contributed by atoms with E-state index in [9.17, 15) is 9.90 Å². The van der Waals surface area contributed by atoms with Crippen molar-refractivity contribution in [2.75, 3.05) is 6.61 Å². The monoisotopic (exact) mass is 227 g/mol. The molecule has 92 valence electrons. The van der Waals surface area contributed by atoms with Crippen molar-refractivity contribution in [3.8, 4) is 0 Å². The number of rotatable bonds is 1. The van der Waals surface area contributed by atoms with Crippen molar-refractivity contribution in [2.24, 2.45) is 5.92 Å². The average molecular weight is 227 g/mol. The fraction of sp³-hybridized carbons (Fsp3) is 0.917. The third kappa shape index (κ3) is 2.32. The molecular weight excluding hydrogens is 206 g/mol. The molecule has 0 unspecified atom stereocenters. The number of hydrogen-bond donors (Lipinski definition) is 1. The van der Waals surface area contributed by atoms with Gasteiger partial charge >= 0.3 is 6.09 Å². The van der Waals surface area contributed by atoms with E-state index in [0.29, 0.717) is 12.0 Å². The molecule has 0 aromatic rings. The molecule has 1 N–H and O–H groups in total. The lowest BCUT2D eigenvalue weighted by molar-refractivity contribution is -0.00121. The molecular formula is C12H21NO3. The number of fused-ring (bicyclic) bond motifs is 1. The summed E-state index contributed by atoms with van der Waals surface area (Å²) in [5.74, 6) is 0.648. The lowest BCUT2D eigenvalue weighted by Crippen LogP contribution is -2.48. The fourth-order valence-corrected chi connectivity index (χ4v) is 2.48. The van der Waals surface area contributed by atoms with E-state index in [1.165, 1.54) is 0 Å². The van der Waals surface area contributed by atoms with Crippen LogP contribution in [-0.4, -0.2) is 40.4 Å². The van der Waals surface area contributed by atoms with Crippen LogP contribution >= 0.6 is 0 Å². The highest BCUT2D eigenvalue weighted by Crippen LogP contribution is 2.45. The van der Waals surface area contributed by atoms with E-state index in [-0.39, 0.29) is 18.7 Å². The second kappa shape index (κ2) is 3.91. The normalized spacial score (nSPS) is 33.2. The van der Waals surface area contributed by atoms with Gasteiger partial charge in [-0.1, -0.05) is 0 Å². The molecule has 2 rings (SSSR count). The van der Waals surface area contributed by atoms with Crippen molar-refractivity contribution in [1.82, 2.24) is 4.90 Å². The van der Waals surface area contributed by atoms with Crippen LogP contribution in [0.4, 0.5) is 4.79 Å². The first-order valence-electron chi connectivity index (χ1n) is 6.04. The van der Waals surface area contributed by atoms with Crippen LogP contribution in [-0.2, 0) is 4.74 Å². The minimum Gasteiger partial charge on any atom is -0.444 e. The van der Waals surface area contributed by atoms with Crippen LogP contribution < -0.4 is 0 Å². The van der Waals surface area contributed by atoms with E-state index in [4.69, 9.17) is 4.74 Å². The summed E-state index contributed by atoms with van der Waals surface area (Å²) in [5.41, 5.74) is -0.459. The SMILES string of the molecule is CC(C)(C)OC(=O)N1[C@H](CO)CC[C@H]2C[C@H]21. The number of aliphatic hydroxyl groups excluding tert-OH is 1. The number of amides is 1. The number of aliphatic hydroxyl groups is 1. The molecule has 0 radical (unpaired) electrons. The summed E-state index contributed by atoms with van der Waals surface area (Å²) in [6.45, 7) is 5.65. The number of hydrogen-bond acceptors (Lipinski definition) is 3. The van der Waals surface area contributed by atoms with Crippen molar-refractivity contribution in [3.63, 3.8) is 0 Å². The quantitative estimate of drug-likeness (QED) is 0.742. The van der Waals surface area contributed by atoms with Crippen LogP contribution in [0.2, 0.25) is 0 Å². The van der Waals surface area contributed by atoms with Crippen molar-refractivity contribution in [3.05, 3.63) is 0 Å². The number of carbonyl (C=O) groups is 1. The Morgan fingerprint density at radius 2 is 2.12 bits per heavy atom. The van der Waals surface area contributed by atoms with E-state index in [0.717, 1.165) is 19.3 Å². The molecule has 2 fully saturated rings. The Bertz CT molecular complexity index is 284. The zero-order valence-corrected chi connectivity index (χ0v) is 10.3. The maximum Gasteiger partial charge on any atom is 0.410 e. The van der Waals surface area contributed by atoms with E-state index < -0.39 is 5.60 Å². The van der Waals surface area contributed by atoms with Crippen molar-refractivity contribution in [2.45, 2.75) is 57.7 Å². The van der Waals surface area contributed by atoms with Crippen molar-refractivity contribution < 1.29 is 14.6 Å². The average Bonchev–Trinajstić information content (AvgIpc) is 2.91. The number of ether oxygens (including phenoxy) is 1. The summed E-state index contributed by atoms with van der Waals surface area (Å²) in [4.78, 5) is 13.8. The van der Waals surface area contributed by atoms with Gasteiger partial charge in [-0.3, -0.25) is 4.90 Å². The minimum absolute atomic E-state index is 0.0430. The van der Waals surface area contributed by atoms with Gasteiger partial charge < -0.3 is 9.84 Å². The van der Waals surface area contributed by atoms with Gasteiger partial charge in [0, 0.05) is 6.04 Å². The van der Waals surface area contributed by atoms with Crippen molar-refractivity contribution >= 4 is 6.09 Å². The second-order valence-corrected chi connectivity index (χ2v) is 5.86. The highest BCUT2D eigenvalue weighted by atomic mass is 16.6. The van der Waals surface area contributed by atoms with Gasteiger partial charge in [-0.2, -0.15) is 0 Å². The molecule has 0 spiro atoms. The van der Waals surface area contributed by atoms with Crippen molar-refractivity contribution in [1.29, 1.82) is 0 Å². The van der Waals surface area contributed by atoms with Gasteiger partial charge in [-0.25, -0.2) is 4.79 Å². The Labute approximate surface area is 96.6 Å². The summed E-state index contributed by atoms with van der Waals surface area (Å²) in [6.07, 6.45) is 2.85. The number of carbonyl (C=O) groups excluding carboxylic acids is 1. The van der Waals surface area contributed by atoms with Gasteiger partial charge in [-0.15, -0.1) is 0 Å². The predicted molar refractivity (Wildman–Crippen MR) is 60.1 cm³/mol. The highest BCUT2D eigenvalue weighted by Gasteiger charge is 2.50. The standard InChI is InChI=1S/C12H21NO3/c1-12(2,3)16-11(15)13-9(7-14)5-4-8-6-10(8)13/h8-10,14H,4-7H2,1-3H3/t8-,9-,10+/m0/s1. The molecule has 1 aliphatic carbocycles. The van der Waals surface area contributed by atoms with E-state index in [1.54, 1.807) is 4.90 Å². The zero-order valence-electron chi connectivity index (χ0n) is 10.3. The maximum absolute atomic E-state index is 12.0. The summed E-state index contributed by atoms with van der Waals surface area (Å²) in [6, 6.07) is 0.277. The summed E-state index contributed by atoms with van der Waals surface area (Å²) >= 11 is 0. The number of nitrogens with zero attached hydrogens (tertiary/aromatic N) is 1. The lowest BCUT2D eigenvalue weighted by Gasteiger charge is -2.35. The minimum atomic E-state index is -0.459. The van der Waals surface area contributed by atoms with Gasteiger partial charge in [0.1, 0.15) is 5.60 Å². The van der Waals surface area contributed by atoms with Crippen LogP contribution in [0.3, 0.4) is 0 Å². The molecule has 1 heterocycles. The lowest BCUT2D eigenvalue weighted by atomic mass is 10.0. The first-order chi connectivity index (χ1) is 7.42. The Hall–Kier alpha value is -0.770. The molecule has 3 atom stereocenters. The molecule has 1 aliphatic heterocycles. The summed E-state index contributed by atoms with van der Waals surface area (Å²) < 4.78 is 5.38. The molecule has 4 nitrogen and oxygen atoms in total. The second-order valence-electron chi connectivity index (χ2n) is 5.86. The third-order valence-electron chi connectivity index (χ3n) is 3.32. The Morgan fingerprint density at radius 1 is 1.44 bits per heavy atom. The van der Waals surface area contributed by atoms with Gasteiger partial charge in [-0.05, 0) is 46.0 Å². The Kier molecular flexibility index (Phi) is 2.86.